The van der Waals surface area contributed by atoms with Crippen LogP contribution < -0.4 is 10.0 Å². The monoisotopic (exact) mass is 438 g/mol. The molecule has 0 radical (unpaired) electrons. The largest absolute Gasteiger partial charge is 0.367 e. The lowest BCUT2D eigenvalue weighted by Gasteiger charge is -2.32. The third kappa shape index (κ3) is 5.03. The Balaban J connectivity index is 1.50. The van der Waals surface area contributed by atoms with Gasteiger partial charge in [0.1, 0.15) is 10.7 Å². The van der Waals surface area contributed by atoms with Gasteiger partial charge in [-0.05, 0) is 49.7 Å². The van der Waals surface area contributed by atoms with Gasteiger partial charge in [-0.3, -0.25) is 4.90 Å². The van der Waals surface area contributed by atoms with Crippen molar-refractivity contribution in [3.05, 3.63) is 52.6 Å². The molecule has 140 valence electrons. The van der Waals surface area contributed by atoms with Gasteiger partial charge >= 0.3 is 0 Å². The summed E-state index contributed by atoms with van der Waals surface area (Å²) in [7, 11) is -2.05. The van der Waals surface area contributed by atoms with Crippen molar-refractivity contribution in [2.24, 2.45) is 0 Å². The molecule has 0 saturated carbocycles. The van der Waals surface area contributed by atoms with Crippen molar-refractivity contribution in [2.75, 3.05) is 25.5 Å². The number of anilines is 1. The van der Waals surface area contributed by atoms with E-state index in [1.807, 2.05) is 0 Å². The summed E-state index contributed by atoms with van der Waals surface area (Å²) in [6.45, 7) is 3.02. The average molecular weight is 439 g/mol. The third-order valence-corrected chi connectivity index (χ3v) is 6.50. The summed E-state index contributed by atoms with van der Waals surface area (Å²) in [5.74, 6) is 0.714. The minimum atomic E-state index is -3.44. The van der Waals surface area contributed by atoms with Gasteiger partial charge < -0.3 is 5.32 Å². The fourth-order valence-corrected chi connectivity index (χ4v) is 3.97. The highest BCUT2D eigenvalue weighted by Gasteiger charge is 2.20. The lowest BCUT2D eigenvalue weighted by molar-refractivity contribution is 0.211. The Kier molecular flexibility index (Phi) is 6.29. The summed E-state index contributed by atoms with van der Waals surface area (Å²) < 4.78 is 26.8. The van der Waals surface area contributed by atoms with Crippen LogP contribution in [0.2, 0.25) is 0 Å². The van der Waals surface area contributed by atoms with Gasteiger partial charge in [0, 0.05) is 36.3 Å². The summed E-state index contributed by atoms with van der Waals surface area (Å²) in [4.78, 5) is 6.87. The van der Waals surface area contributed by atoms with Crippen molar-refractivity contribution < 1.29 is 8.42 Å². The SMILES string of the molecule is CNS(=O)(=O)c1ccc(NC2CCN(Cc3ccc(Br)cc3)CC2)nc1. The molecule has 1 aromatic heterocycles. The van der Waals surface area contributed by atoms with Crippen molar-refractivity contribution in [1.29, 1.82) is 0 Å². The second-order valence-electron chi connectivity index (χ2n) is 6.41. The molecule has 2 N–H and O–H groups in total. The molecule has 1 saturated heterocycles. The van der Waals surface area contributed by atoms with Gasteiger partial charge in [-0.25, -0.2) is 18.1 Å². The van der Waals surface area contributed by atoms with E-state index in [-0.39, 0.29) is 4.90 Å². The van der Waals surface area contributed by atoms with Crippen LogP contribution in [0.15, 0.2) is 52.0 Å². The highest BCUT2D eigenvalue weighted by Crippen LogP contribution is 2.19. The quantitative estimate of drug-likeness (QED) is 0.724. The normalized spacial score (nSPS) is 16.5. The summed E-state index contributed by atoms with van der Waals surface area (Å²) >= 11 is 3.46. The first-order valence-corrected chi connectivity index (χ1v) is 10.9. The van der Waals surface area contributed by atoms with Gasteiger partial charge in [-0.1, -0.05) is 28.1 Å². The highest BCUT2D eigenvalue weighted by atomic mass is 79.9. The molecule has 0 unspecified atom stereocenters. The topological polar surface area (TPSA) is 74.3 Å². The number of aromatic nitrogens is 1. The number of nitrogens with one attached hydrogen (secondary N) is 2. The number of sulfonamides is 1. The first-order chi connectivity index (χ1) is 12.5. The Morgan fingerprint density at radius 1 is 1.15 bits per heavy atom. The van der Waals surface area contributed by atoms with Gasteiger partial charge in [0.25, 0.3) is 0 Å². The van der Waals surface area contributed by atoms with Crippen molar-refractivity contribution in [2.45, 2.75) is 30.3 Å². The van der Waals surface area contributed by atoms with Crippen LogP contribution in [0.25, 0.3) is 0 Å². The number of benzene rings is 1. The molecular formula is C18H23BrN4O2S. The molecule has 1 aliphatic rings. The van der Waals surface area contributed by atoms with Crippen molar-refractivity contribution >= 4 is 31.8 Å². The fourth-order valence-electron chi connectivity index (χ4n) is 3.04. The number of hydrogen-bond acceptors (Lipinski definition) is 5. The fraction of sp³-hybridized carbons (Fsp3) is 0.389. The van der Waals surface area contributed by atoms with E-state index in [1.54, 1.807) is 12.1 Å². The molecule has 0 spiro atoms. The predicted molar refractivity (Wildman–Crippen MR) is 107 cm³/mol. The van der Waals surface area contributed by atoms with Crippen LogP contribution >= 0.6 is 15.9 Å². The number of rotatable bonds is 6. The molecule has 0 amide bonds. The standard InChI is InChI=1S/C18H23BrN4O2S/c1-20-26(24,25)17-6-7-18(21-12-17)22-16-8-10-23(11-9-16)13-14-2-4-15(19)5-3-14/h2-7,12,16,20H,8-11,13H2,1H3,(H,21,22). The lowest BCUT2D eigenvalue weighted by Crippen LogP contribution is -2.38. The Hall–Kier alpha value is -1.48. The van der Waals surface area contributed by atoms with Crippen molar-refractivity contribution in [1.82, 2.24) is 14.6 Å². The van der Waals surface area contributed by atoms with Crippen LogP contribution in [0.4, 0.5) is 5.82 Å². The Bertz CT molecular complexity index is 817. The van der Waals surface area contributed by atoms with Gasteiger partial charge in [-0.15, -0.1) is 0 Å². The van der Waals surface area contributed by atoms with E-state index < -0.39 is 10.0 Å². The first kappa shape index (κ1) is 19.3. The zero-order valence-corrected chi connectivity index (χ0v) is 17.1. The van der Waals surface area contributed by atoms with Crippen LogP contribution in [0.5, 0.6) is 0 Å². The first-order valence-electron chi connectivity index (χ1n) is 8.59. The molecule has 1 aliphatic heterocycles. The van der Waals surface area contributed by atoms with Gasteiger partial charge in [0.2, 0.25) is 10.0 Å². The molecule has 2 aromatic rings. The molecular weight excluding hydrogens is 416 g/mol. The number of likely N-dealkylation sites (tertiary alicyclic amines) is 1. The zero-order chi connectivity index (χ0) is 18.6. The Labute approximate surface area is 163 Å². The second kappa shape index (κ2) is 8.47. The molecule has 0 bridgehead atoms. The number of halogens is 1. The average Bonchev–Trinajstić information content (AvgIpc) is 2.66. The summed E-state index contributed by atoms with van der Waals surface area (Å²) in [6, 6.07) is 12.1. The van der Waals surface area contributed by atoms with Gasteiger partial charge in [0.05, 0.1) is 0 Å². The molecule has 6 nitrogen and oxygen atoms in total. The zero-order valence-electron chi connectivity index (χ0n) is 14.7. The minimum Gasteiger partial charge on any atom is -0.367 e. The molecule has 26 heavy (non-hydrogen) atoms. The van der Waals surface area contributed by atoms with Gasteiger partial charge in [-0.2, -0.15) is 0 Å². The van der Waals surface area contributed by atoms with E-state index in [2.05, 4.69) is 60.1 Å². The number of piperidine rings is 1. The van der Waals surface area contributed by atoms with Crippen LogP contribution in [0, 0.1) is 0 Å². The maximum absolute atomic E-state index is 11.7. The maximum Gasteiger partial charge on any atom is 0.241 e. The van der Waals surface area contributed by atoms with Crippen LogP contribution in [-0.4, -0.2) is 44.5 Å². The van der Waals surface area contributed by atoms with E-state index in [1.165, 1.54) is 18.8 Å². The Morgan fingerprint density at radius 2 is 1.85 bits per heavy atom. The lowest BCUT2D eigenvalue weighted by atomic mass is 10.0. The van der Waals surface area contributed by atoms with Crippen molar-refractivity contribution in [3.8, 4) is 0 Å². The van der Waals surface area contributed by atoms with Crippen molar-refractivity contribution in [3.63, 3.8) is 0 Å². The summed E-state index contributed by atoms with van der Waals surface area (Å²) in [5, 5.41) is 3.41. The van der Waals surface area contributed by atoms with E-state index in [0.717, 1.165) is 36.9 Å². The van der Waals surface area contributed by atoms with E-state index in [9.17, 15) is 8.42 Å². The number of hydrogen-bond donors (Lipinski definition) is 2. The minimum absolute atomic E-state index is 0.176. The predicted octanol–water partition coefficient (Wildman–Crippen LogP) is 2.83. The summed E-state index contributed by atoms with van der Waals surface area (Å²) in [5.41, 5.74) is 1.32. The van der Waals surface area contributed by atoms with Gasteiger partial charge in [0.15, 0.2) is 0 Å². The molecule has 8 heteroatoms. The Morgan fingerprint density at radius 3 is 2.42 bits per heavy atom. The second-order valence-corrected chi connectivity index (χ2v) is 9.21. The van der Waals surface area contributed by atoms with E-state index >= 15 is 0 Å². The summed E-state index contributed by atoms with van der Waals surface area (Å²) in [6.07, 6.45) is 3.46. The van der Waals surface area contributed by atoms with Crippen LogP contribution in [0.3, 0.4) is 0 Å². The maximum atomic E-state index is 11.7. The molecule has 3 rings (SSSR count). The molecule has 1 fully saturated rings. The number of pyridine rings is 1. The molecule has 1 aromatic carbocycles. The third-order valence-electron chi connectivity index (χ3n) is 4.57. The van der Waals surface area contributed by atoms with E-state index in [0.29, 0.717) is 11.9 Å². The molecule has 0 atom stereocenters. The van der Waals surface area contributed by atoms with E-state index in [4.69, 9.17) is 0 Å². The van der Waals surface area contributed by atoms with Crippen LogP contribution in [-0.2, 0) is 16.6 Å². The smallest absolute Gasteiger partial charge is 0.241 e. The number of nitrogens with zero attached hydrogens (tertiary/aromatic N) is 2. The van der Waals surface area contributed by atoms with Crippen LogP contribution in [0.1, 0.15) is 18.4 Å². The molecule has 0 aliphatic carbocycles. The molecule has 2 heterocycles. The highest BCUT2D eigenvalue weighted by molar-refractivity contribution is 9.10.